The molecule has 21 heavy (non-hydrogen) atoms. The molecule has 0 radical (unpaired) electrons. The zero-order valence-electron chi connectivity index (χ0n) is 12.8. The van der Waals surface area contributed by atoms with Crippen molar-refractivity contribution in [1.29, 1.82) is 0 Å². The van der Waals surface area contributed by atoms with E-state index in [0.717, 1.165) is 11.1 Å². The summed E-state index contributed by atoms with van der Waals surface area (Å²) in [5.74, 6) is -0.578. The minimum atomic E-state index is -0.289. The smallest absolute Gasteiger partial charge is 0.123 e. The first kappa shape index (κ1) is 17.3. The lowest BCUT2D eigenvalue weighted by molar-refractivity contribution is 0.516. The third-order valence-corrected chi connectivity index (χ3v) is 3.36. The van der Waals surface area contributed by atoms with Gasteiger partial charge in [0.2, 0.25) is 0 Å². The minimum absolute atomic E-state index is 0.101. The van der Waals surface area contributed by atoms with Crippen LogP contribution in [-0.2, 0) is 0 Å². The SMILES string of the molecule is CC.CC(CN)C(c1cccc(F)c1)c1cccc(F)c1. The molecule has 0 spiro atoms. The van der Waals surface area contributed by atoms with Gasteiger partial charge < -0.3 is 5.73 Å². The summed E-state index contributed by atoms with van der Waals surface area (Å²) >= 11 is 0. The van der Waals surface area contributed by atoms with Gasteiger partial charge in [0.15, 0.2) is 0 Å². The summed E-state index contributed by atoms with van der Waals surface area (Å²) in [5, 5.41) is 0. The molecule has 2 aromatic carbocycles. The van der Waals surface area contributed by atoms with Gasteiger partial charge in [0.05, 0.1) is 0 Å². The highest BCUT2D eigenvalue weighted by molar-refractivity contribution is 5.33. The van der Waals surface area contributed by atoms with E-state index in [9.17, 15) is 8.78 Å². The van der Waals surface area contributed by atoms with Gasteiger partial charge in [-0.2, -0.15) is 0 Å². The van der Waals surface area contributed by atoms with Gasteiger partial charge >= 0.3 is 0 Å². The predicted molar refractivity (Wildman–Crippen MR) is 84.2 cm³/mol. The standard InChI is InChI=1S/C16H17F2N.C2H6/c1-11(10-19)16(12-4-2-6-14(17)8-12)13-5-3-7-15(18)9-13;1-2/h2-9,11,16H,10,19H2,1H3;1-2H3. The molecule has 0 amide bonds. The number of halogens is 2. The van der Waals surface area contributed by atoms with Crippen molar-refractivity contribution >= 4 is 0 Å². The summed E-state index contributed by atoms with van der Waals surface area (Å²) in [4.78, 5) is 0. The van der Waals surface area contributed by atoms with Crippen molar-refractivity contribution in [3.8, 4) is 0 Å². The fourth-order valence-corrected chi connectivity index (χ4v) is 2.39. The highest BCUT2D eigenvalue weighted by atomic mass is 19.1. The van der Waals surface area contributed by atoms with E-state index in [1.54, 1.807) is 12.1 Å². The molecule has 1 atom stereocenters. The topological polar surface area (TPSA) is 26.0 Å². The van der Waals surface area contributed by atoms with Gasteiger partial charge in [0, 0.05) is 5.92 Å². The summed E-state index contributed by atoms with van der Waals surface area (Å²) in [6, 6.07) is 12.8. The molecule has 0 aromatic heterocycles. The monoisotopic (exact) mass is 291 g/mol. The molecule has 0 bridgehead atoms. The molecule has 3 heteroatoms. The van der Waals surface area contributed by atoms with Crippen molar-refractivity contribution in [2.75, 3.05) is 6.54 Å². The Morgan fingerprint density at radius 3 is 1.67 bits per heavy atom. The molecule has 0 fully saturated rings. The zero-order valence-corrected chi connectivity index (χ0v) is 12.8. The lowest BCUT2D eigenvalue weighted by Crippen LogP contribution is -2.20. The number of nitrogens with two attached hydrogens (primary N) is 1. The summed E-state index contributed by atoms with van der Waals surface area (Å²) in [6.45, 7) is 6.44. The number of rotatable bonds is 4. The highest BCUT2D eigenvalue weighted by Crippen LogP contribution is 2.32. The van der Waals surface area contributed by atoms with E-state index in [1.807, 2.05) is 32.9 Å². The molecule has 0 aliphatic carbocycles. The maximum Gasteiger partial charge on any atom is 0.123 e. The minimum Gasteiger partial charge on any atom is -0.330 e. The first-order chi connectivity index (χ1) is 10.1. The van der Waals surface area contributed by atoms with Crippen molar-refractivity contribution in [3.05, 3.63) is 71.3 Å². The van der Waals surface area contributed by atoms with Crippen LogP contribution in [0.5, 0.6) is 0 Å². The van der Waals surface area contributed by atoms with Crippen molar-refractivity contribution in [2.45, 2.75) is 26.7 Å². The summed E-state index contributed by atoms with van der Waals surface area (Å²) in [6.07, 6.45) is 0. The second kappa shape index (κ2) is 8.53. The van der Waals surface area contributed by atoms with Gasteiger partial charge in [-0.15, -0.1) is 0 Å². The molecule has 2 rings (SSSR count). The lowest BCUT2D eigenvalue weighted by Gasteiger charge is -2.24. The van der Waals surface area contributed by atoms with Gasteiger partial charge in [0.25, 0.3) is 0 Å². The van der Waals surface area contributed by atoms with Crippen molar-refractivity contribution < 1.29 is 8.78 Å². The summed E-state index contributed by atoms with van der Waals surface area (Å²) in [7, 11) is 0. The van der Waals surface area contributed by atoms with Gasteiger partial charge in [0.1, 0.15) is 11.6 Å². The van der Waals surface area contributed by atoms with Crippen LogP contribution in [0, 0.1) is 17.6 Å². The van der Waals surface area contributed by atoms with Crippen molar-refractivity contribution in [1.82, 2.24) is 0 Å². The second-order valence-electron chi connectivity index (χ2n) is 4.80. The van der Waals surface area contributed by atoms with Crippen LogP contribution in [0.25, 0.3) is 0 Å². The first-order valence-corrected chi connectivity index (χ1v) is 7.33. The quantitative estimate of drug-likeness (QED) is 0.866. The van der Waals surface area contributed by atoms with Crippen LogP contribution < -0.4 is 5.73 Å². The van der Waals surface area contributed by atoms with E-state index in [1.165, 1.54) is 24.3 Å². The van der Waals surface area contributed by atoms with E-state index in [4.69, 9.17) is 5.73 Å². The number of benzene rings is 2. The maximum atomic E-state index is 13.4. The summed E-state index contributed by atoms with van der Waals surface area (Å²) in [5.41, 5.74) is 7.38. The van der Waals surface area contributed by atoms with Crippen LogP contribution in [0.1, 0.15) is 37.8 Å². The Morgan fingerprint density at radius 1 is 0.905 bits per heavy atom. The Labute approximate surface area is 125 Å². The number of hydrogen-bond donors (Lipinski definition) is 1. The normalized spacial score (nSPS) is 11.8. The Bertz CT molecular complexity index is 509. The first-order valence-electron chi connectivity index (χ1n) is 7.33. The van der Waals surface area contributed by atoms with Gasteiger partial charge in [-0.05, 0) is 47.9 Å². The van der Waals surface area contributed by atoms with Gasteiger partial charge in [-0.1, -0.05) is 45.0 Å². The molecule has 0 saturated carbocycles. The second-order valence-corrected chi connectivity index (χ2v) is 4.80. The van der Waals surface area contributed by atoms with E-state index in [2.05, 4.69) is 0 Å². The molecule has 1 nitrogen and oxygen atoms in total. The molecular weight excluding hydrogens is 268 g/mol. The molecule has 1 unspecified atom stereocenters. The molecule has 0 heterocycles. The Balaban J connectivity index is 0.00000106. The Kier molecular flexibility index (Phi) is 7.03. The molecule has 0 aliphatic heterocycles. The van der Waals surface area contributed by atoms with Crippen LogP contribution in [0.15, 0.2) is 48.5 Å². The van der Waals surface area contributed by atoms with E-state index >= 15 is 0 Å². The predicted octanol–water partition coefficient (Wildman–Crippen LogP) is 4.72. The van der Waals surface area contributed by atoms with Gasteiger partial charge in [-0.25, -0.2) is 8.78 Å². The Morgan fingerprint density at radius 2 is 1.33 bits per heavy atom. The third kappa shape index (κ3) is 4.64. The van der Waals surface area contributed by atoms with E-state index < -0.39 is 0 Å². The zero-order chi connectivity index (χ0) is 15.8. The molecule has 2 aromatic rings. The highest BCUT2D eigenvalue weighted by Gasteiger charge is 2.21. The van der Waals surface area contributed by atoms with Gasteiger partial charge in [-0.3, -0.25) is 0 Å². The maximum absolute atomic E-state index is 13.4. The van der Waals surface area contributed by atoms with Crippen LogP contribution >= 0.6 is 0 Å². The number of hydrogen-bond acceptors (Lipinski definition) is 1. The molecular formula is C18H23F2N. The molecule has 2 N–H and O–H groups in total. The molecule has 114 valence electrons. The molecule has 0 aliphatic rings. The Hall–Kier alpha value is -1.74. The third-order valence-electron chi connectivity index (χ3n) is 3.36. The van der Waals surface area contributed by atoms with E-state index in [0.29, 0.717) is 6.54 Å². The fourth-order valence-electron chi connectivity index (χ4n) is 2.39. The van der Waals surface area contributed by atoms with Crippen LogP contribution in [0.2, 0.25) is 0 Å². The molecule has 0 saturated heterocycles. The average molecular weight is 291 g/mol. The van der Waals surface area contributed by atoms with Crippen LogP contribution in [0.4, 0.5) is 8.78 Å². The summed E-state index contributed by atoms with van der Waals surface area (Å²) < 4.78 is 26.8. The van der Waals surface area contributed by atoms with Crippen LogP contribution in [0.3, 0.4) is 0 Å². The van der Waals surface area contributed by atoms with Crippen molar-refractivity contribution in [3.63, 3.8) is 0 Å². The van der Waals surface area contributed by atoms with Crippen molar-refractivity contribution in [2.24, 2.45) is 11.7 Å². The van der Waals surface area contributed by atoms with Crippen LogP contribution in [-0.4, -0.2) is 6.54 Å². The average Bonchev–Trinajstić information content (AvgIpc) is 2.49. The van der Waals surface area contributed by atoms with E-state index in [-0.39, 0.29) is 23.5 Å². The fraction of sp³-hybridized carbons (Fsp3) is 0.333. The largest absolute Gasteiger partial charge is 0.330 e. The lowest BCUT2D eigenvalue weighted by atomic mass is 9.81.